The van der Waals surface area contributed by atoms with Crippen LogP contribution in [0, 0.1) is 43.4 Å². The topological polar surface area (TPSA) is 81.2 Å². The number of hydrogen-bond acceptors (Lipinski definition) is 3. The molecule has 0 spiro atoms. The van der Waals surface area contributed by atoms with E-state index in [1.165, 1.54) is 11.1 Å². The highest BCUT2D eigenvalue weighted by molar-refractivity contribution is 5.99. The van der Waals surface area contributed by atoms with Gasteiger partial charge in [-0.1, -0.05) is 36.4 Å². The van der Waals surface area contributed by atoms with Crippen LogP contribution in [0.4, 0.5) is 0 Å². The number of aromatic amines is 1. The van der Waals surface area contributed by atoms with Crippen molar-refractivity contribution in [3.8, 4) is 12.1 Å². The summed E-state index contributed by atoms with van der Waals surface area (Å²) in [6, 6.07) is 24.6. The van der Waals surface area contributed by atoms with Gasteiger partial charge in [0.25, 0.3) is 0 Å². The van der Waals surface area contributed by atoms with Gasteiger partial charge in [-0.05, 0) is 67.8 Å². The van der Waals surface area contributed by atoms with Gasteiger partial charge in [0.1, 0.15) is 11.9 Å². The van der Waals surface area contributed by atoms with E-state index in [9.17, 15) is 10.5 Å². The maximum atomic E-state index is 10.0. The van der Waals surface area contributed by atoms with E-state index in [4.69, 9.17) is 4.98 Å². The van der Waals surface area contributed by atoms with Crippen molar-refractivity contribution in [3.05, 3.63) is 100.0 Å². The molecular formula is C29H23N5. The third-order valence-corrected chi connectivity index (χ3v) is 6.51. The Morgan fingerprint density at radius 1 is 1.00 bits per heavy atom. The molecule has 2 aromatic heterocycles. The van der Waals surface area contributed by atoms with Crippen LogP contribution in [-0.4, -0.2) is 14.5 Å². The number of aromatic nitrogens is 3. The Labute approximate surface area is 198 Å². The molecule has 0 saturated heterocycles. The Hall–Kier alpha value is -4.61. The molecule has 0 bridgehead atoms. The molecule has 5 rings (SSSR count). The third kappa shape index (κ3) is 3.54. The second-order valence-electron chi connectivity index (χ2n) is 8.58. The SMILES string of the molecule is Cc1cc2nc(/C(C#N)=C\c3c(C)n(Cc4ccccc4C#N)c4ccccc34)[nH]c2cc1C. The van der Waals surface area contributed by atoms with E-state index >= 15 is 0 Å². The average Bonchev–Trinajstić information content (AvgIpc) is 3.36. The lowest BCUT2D eigenvalue weighted by Gasteiger charge is -2.10. The number of para-hydroxylation sites is 1. The Kier molecular flexibility index (Phi) is 5.24. The minimum absolute atomic E-state index is 0.481. The number of rotatable bonds is 4. The summed E-state index contributed by atoms with van der Waals surface area (Å²) in [5.41, 5.74) is 9.32. The zero-order valence-electron chi connectivity index (χ0n) is 19.3. The normalized spacial score (nSPS) is 11.6. The van der Waals surface area contributed by atoms with Gasteiger partial charge in [-0.3, -0.25) is 0 Å². The van der Waals surface area contributed by atoms with Crippen molar-refractivity contribution in [1.82, 2.24) is 14.5 Å². The fourth-order valence-corrected chi connectivity index (χ4v) is 4.48. The lowest BCUT2D eigenvalue weighted by Crippen LogP contribution is -2.03. The van der Waals surface area contributed by atoms with Crippen LogP contribution < -0.4 is 0 Å². The average molecular weight is 442 g/mol. The van der Waals surface area contributed by atoms with E-state index in [-0.39, 0.29) is 0 Å². The Morgan fingerprint density at radius 2 is 1.74 bits per heavy atom. The number of hydrogen-bond donors (Lipinski definition) is 1. The predicted octanol–water partition coefficient (Wildman–Crippen LogP) is 6.43. The Bertz CT molecular complexity index is 1640. The van der Waals surface area contributed by atoms with Gasteiger partial charge in [0.15, 0.2) is 0 Å². The summed E-state index contributed by atoms with van der Waals surface area (Å²) in [6.45, 7) is 6.77. The number of benzene rings is 3. The zero-order valence-corrected chi connectivity index (χ0v) is 19.3. The summed E-state index contributed by atoms with van der Waals surface area (Å²) in [7, 11) is 0. The standard InChI is InChI=1S/C29H23N5/c1-18-12-26-27(13-19(18)2)33-29(32-26)23(16-31)14-25-20(3)34(28-11-7-6-10-24(25)28)17-22-9-5-4-8-21(22)15-30/h4-14H,17H2,1-3H3,(H,32,33)/b23-14-. The molecule has 3 aromatic carbocycles. The molecule has 0 atom stereocenters. The molecule has 0 aliphatic carbocycles. The molecule has 2 heterocycles. The molecule has 164 valence electrons. The third-order valence-electron chi connectivity index (χ3n) is 6.51. The van der Waals surface area contributed by atoms with E-state index in [0.717, 1.165) is 38.8 Å². The molecule has 0 aliphatic rings. The highest BCUT2D eigenvalue weighted by atomic mass is 15.0. The summed E-state index contributed by atoms with van der Waals surface area (Å²) in [5.74, 6) is 0.563. The second kappa shape index (κ2) is 8.39. The molecule has 0 radical (unpaired) electrons. The first kappa shape index (κ1) is 21.2. The minimum Gasteiger partial charge on any atom is -0.340 e. The first-order valence-electron chi connectivity index (χ1n) is 11.1. The van der Waals surface area contributed by atoms with Crippen LogP contribution in [0.25, 0.3) is 33.6 Å². The number of aryl methyl sites for hydroxylation is 2. The summed E-state index contributed by atoms with van der Waals surface area (Å²) in [4.78, 5) is 8.02. The number of nitrogens with one attached hydrogen (secondary N) is 1. The van der Waals surface area contributed by atoms with Gasteiger partial charge in [-0.15, -0.1) is 0 Å². The van der Waals surface area contributed by atoms with Crippen LogP contribution in [0.15, 0.2) is 60.7 Å². The van der Waals surface area contributed by atoms with Crippen LogP contribution in [0.3, 0.4) is 0 Å². The molecule has 5 heteroatoms. The lowest BCUT2D eigenvalue weighted by molar-refractivity contribution is 0.802. The van der Waals surface area contributed by atoms with Gasteiger partial charge >= 0.3 is 0 Å². The smallest absolute Gasteiger partial charge is 0.149 e. The van der Waals surface area contributed by atoms with Crippen molar-refractivity contribution < 1.29 is 0 Å². The van der Waals surface area contributed by atoms with Gasteiger partial charge in [-0.25, -0.2) is 4.98 Å². The Morgan fingerprint density at radius 3 is 2.53 bits per heavy atom. The summed E-state index contributed by atoms with van der Waals surface area (Å²) in [5, 5.41) is 20.6. The lowest BCUT2D eigenvalue weighted by atomic mass is 10.1. The summed E-state index contributed by atoms with van der Waals surface area (Å²) >= 11 is 0. The zero-order chi connectivity index (χ0) is 23.8. The number of nitriles is 2. The molecule has 0 saturated carbocycles. The number of allylic oxidation sites excluding steroid dienone is 1. The fraction of sp³-hybridized carbons (Fsp3) is 0.138. The van der Waals surface area contributed by atoms with Gasteiger partial charge in [0.2, 0.25) is 0 Å². The maximum absolute atomic E-state index is 10.0. The van der Waals surface area contributed by atoms with Gasteiger partial charge in [-0.2, -0.15) is 10.5 Å². The monoisotopic (exact) mass is 441 g/mol. The van der Waals surface area contributed by atoms with Crippen LogP contribution in [-0.2, 0) is 6.54 Å². The maximum Gasteiger partial charge on any atom is 0.149 e. The highest BCUT2D eigenvalue weighted by Crippen LogP contribution is 2.31. The molecular weight excluding hydrogens is 418 g/mol. The number of H-pyrrole nitrogens is 1. The molecule has 5 aromatic rings. The van der Waals surface area contributed by atoms with Gasteiger partial charge in [0, 0.05) is 28.7 Å². The van der Waals surface area contributed by atoms with Crippen molar-refractivity contribution in [2.24, 2.45) is 0 Å². The van der Waals surface area contributed by atoms with Crippen LogP contribution in [0.5, 0.6) is 0 Å². The van der Waals surface area contributed by atoms with Crippen LogP contribution in [0.2, 0.25) is 0 Å². The molecule has 34 heavy (non-hydrogen) atoms. The second-order valence-corrected chi connectivity index (χ2v) is 8.58. The first-order valence-corrected chi connectivity index (χ1v) is 11.1. The van der Waals surface area contributed by atoms with Gasteiger partial charge in [0.05, 0.1) is 28.2 Å². The number of nitrogens with zero attached hydrogens (tertiary/aromatic N) is 4. The summed E-state index contributed by atoms with van der Waals surface area (Å²) in [6.07, 6.45) is 1.92. The minimum atomic E-state index is 0.481. The molecule has 5 nitrogen and oxygen atoms in total. The fourth-order valence-electron chi connectivity index (χ4n) is 4.48. The van der Waals surface area contributed by atoms with Crippen molar-refractivity contribution in [3.63, 3.8) is 0 Å². The van der Waals surface area contributed by atoms with Crippen LogP contribution >= 0.6 is 0 Å². The van der Waals surface area contributed by atoms with Crippen molar-refractivity contribution in [2.45, 2.75) is 27.3 Å². The molecule has 0 unspecified atom stereocenters. The van der Waals surface area contributed by atoms with E-state index in [2.05, 4.69) is 60.7 Å². The van der Waals surface area contributed by atoms with E-state index in [1.54, 1.807) is 0 Å². The molecule has 0 fully saturated rings. The summed E-state index contributed by atoms with van der Waals surface area (Å²) < 4.78 is 2.21. The van der Waals surface area contributed by atoms with E-state index in [1.807, 2.05) is 48.5 Å². The molecule has 1 N–H and O–H groups in total. The number of imidazole rings is 1. The highest BCUT2D eigenvalue weighted by Gasteiger charge is 2.16. The quantitative estimate of drug-likeness (QED) is 0.326. The number of fused-ring (bicyclic) bond motifs is 2. The molecule has 0 aliphatic heterocycles. The van der Waals surface area contributed by atoms with Gasteiger partial charge < -0.3 is 9.55 Å². The predicted molar refractivity (Wildman–Crippen MR) is 136 cm³/mol. The largest absolute Gasteiger partial charge is 0.340 e. The van der Waals surface area contributed by atoms with Crippen molar-refractivity contribution >= 4 is 33.6 Å². The first-order chi connectivity index (χ1) is 16.5. The van der Waals surface area contributed by atoms with Crippen molar-refractivity contribution in [2.75, 3.05) is 0 Å². The van der Waals surface area contributed by atoms with E-state index < -0.39 is 0 Å². The van der Waals surface area contributed by atoms with Crippen LogP contribution in [0.1, 0.15) is 39.3 Å². The van der Waals surface area contributed by atoms with Crippen molar-refractivity contribution in [1.29, 1.82) is 10.5 Å². The van der Waals surface area contributed by atoms with E-state index in [0.29, 0.717) is 23.5 Å². The Balaban J connectivity index is 1.66. The molecule has 0 amide bonds.